The van der Waals surface area contributed by atoms with Crippen LogP contribution in [0.3, 0.4) is 0 Å². The molecule has 0 saturated carbocycles. The molecule has 3 rings (SSSR count). The number of hydrogen-bond acceptors (Lipinski definition) is 7. The van der Waals surface area contributed by atoms with Gasteiger partial charge in [-0.1, -0.05) is 70.1 Å². The molecule has 1 heterocycles. The van der Waals surface area contributed by atoms with E-state index in [4.69, 9.17) is 9.47 Å². The predicted octanol–water partition coefficient (Wildman–Crippen LogP) is 5.10. The molecule has 7 nitrogen and oxygen atoms in total. The number of nitrogens with one attached hydrogen (secondary N) is 1. The zero-order chi connectivity index (χ0) is 22.1. The molecule has 0 aromatic heterocycles. The fourth-order valence-electron chi connectivity index (χ4n) is 2.88. The number of alkyl carbamates (subject to hydrolysis) is 1. The van der Waals surface area contributed by atoms with Crippen LogP contribution in [-0.4, -0.2) is 42.8 Å². The van der Waals surface area contributed by atoms with Gasteiger partial charge in [0, 0.05) is 18.4 Å². The second-order valence-electron chi connectivity index (χ2n) is 6.34. The summed E-state index contributed by atoms with van der Waals surface area (Å²) in [6.07, 6.45) is 3.08. The van der Waals surface area contributed by atoms with E-state index in [1.54, 1.807) is 0 Å². The summed E-state index contributed by atoms with van der Waals surface area (Å²) in [6.45, 7) is 1.86. The first kappa shape index (κ1) is 22.8. The van der Waals surface area contributed by atoms with Crippen molar-refractivity contribution >= 4 is 63.2 Å². The van der Waals surface area contributed by atoms with E-state index in [0.717, 1.165) is 11.1 Å². The lowest BCUT2D eigenvalue weighted by Gasteiger charge is -2.24. The number of hydrogen-bond donors (Lipinski definition) is 1. The molecule has 0 bridgehead atoms. The van der Waals surface area contributed by atoms with Crippen molar-refractivity contribution in [2.24, 2.45) is 0 Å². The maximum Gasteiger partial charge on any atom is 0.415 e. The molecular weight excluding hydrogens is 436 g/mol. The van der Waals surface area contributed by atoms with E-state index < -0.39 is 12.1 Å². The van der Waals surface area contributed by atoms with E-state index in [9.17, 15) is 14.4 Å². The molecule has 1 N–H and O–H groups in total. The fraction of sp³-hybridized carbons (Fsp3) is 0.227. The van der Waals surface area contributed by atoms with Crippen molar-refractivity contribution < 1.29 is 23.9 Å². The number of nitrogens with zero attached hydrogens (tertiary/aromatic N) is 1. The molecule has 3 amide bonds. The van der Waals surface area contributed by atoms with Crippen LogP contribution in [0.15, 0.2) is 48.5 Å². The molecule has 0 fully saturated rings. The number of amides is 3. The number of para-hydroxylation sites is 2. The number of ether oxygens (including phenoxy) is 2. The lowest BCUT2D eigenvalue weighted by Crippen LogP contribution is -2.41. The molecule has 9 heteroatoms. The second-order valence-corrected chi connectivity index (χ2v) is 9.04. The number of imide groups is 1. The molecule has 0 saturated heterocycles. The van der Waals surface area contributed by atoms with Crippen molar-refractivity contribution in [1.82, 2.24) is 5.32 Å². The monoisotopic (exact) mass is 458 g/mol. The molecule has 0 radical (unpaired) electrons. The number of esters is 1. The Labute approximate surface area is 188 Å². The summed E-state index contributed by atoms with van der Waals surface area (Å²) in [5, 5.41) is 2.31. The van der Waals surface area contributed by atoms with Crippen molar-refractivity contribution in [2.75, 3.05) is 29.6 Å². The number of carbonyl (C=O) groups excluding carboxylic acids is 3. The van der Waals surface area contributed by atoms with Crippen LogP contribution in [0.25, 0.3) is 12.2 Å². The highest BCUT2D eigenvalue weighted by molar-refractivity contribution is 8.76. The molecule has 0 atom stereocenters. The summed E-state index contributed by atoms with van der Waals surface area (Å²) < 4.78 is 9.95. The average molecular weight is 459 g/mol. The molecule has 31 heavy (non-hydrogen) atoms. The fourth-order valence-corrected chi connectivity index (χ4v) is 4.53. The lowest BCUT2D eigenvalue weighted by atomic mass is 10.1. The number of benzene rings is 2. The predicted molar refractivity (Wildman–Crippen MR) is 125 cm³/mol. The van der Waals surface area contributed by atoms with Gasteiger partial charge in [-0.25, -0.2) is 14.9 Å². The minimum absolute atomic E-state index is 0.152. The Bertz CT molecular complexity index is 930. The summed E-state index contributed by atoms with van der Waals surface area (Å²) in [6, 6.07) is 14.4. The molecule has 162 valence electrons. The van der Waals surface area contributed by atoms with Gasteiger partial charge in [0.1, 0.15) is 13.2 Å². The third-order valence-corrected chi connectivity index (χ3v) is 6.50. The van der Waals surface area contributed by atoms with E-state index in [1.165, 1.54) is 33.4 Å². The zero-order valence-corrected chi connectivity index (χ0v) is 18.5. The van der Waals surface area contributed by atoms with Crippen LogP contribution in [0.1, 0.15) is 18.1 Å². The highest BCUT2D eigenvalue weighted by atomic mass is 33.1. The Hall–Kier alpha value is -2.91. The van der Waals surface area contributed by atoms with Crippen molar-refractivity contribution in [1.29, 1.82) is 0 Å². The molecular formula is C22H22N2O5S2. The highest BCUT2D eigenvalue weighted by Gasteiger charge is 2.25. The number of anilines is 2. The lowest BCUT2D eigenvalue weighted by molar-refractivity contribution is -0.140. The summed E-state index contributed by atoms with van der Waals surface area (Å²) in [5.41, 5.74) is 3.08. The quantitative estimate of drug-likeness (QED) is 0.351. The van der Waals surface area contributed by atoms with Crippen LogP contribution in [-0.2, 0) is 14.3 Å². The third kappa shape index (κ3) is 6.53. The highest BCUT2D eigenvalue weighted by Crippen LogP contribution is 2.36. The zero-order valence-electron chi connectivity index (χ0n) is 16.9. The summed E-state index contributed by atoms with van der Waals surface area (Å²) in [7, 11) is 3.01. The first-order valence-corrected chi connectivity index (χ1v) is 12.1. The van der Waals surface area contributed by atoms with Gasteiger partial charge in [-0.3, -0.25) is 9.69 Å². The Balaban J connectivity index is 1.54. The topological polar surface area (TPSA) is 84.9 Å². The summed E-state index contributed by atoms with van der Waals surface area (Å²) in [5.74, 6) is 0.892. The summed E-state index contributed by atoms with van der Waals surface area (Å²) >= 11 is 0. The first-order valence-electron chi connectivity index (χ1n) is 9.58. The van der Waals surface area contributed by atoms with Gasteiger partial charge in [-0.2, -0.15) is 0 Å². The van der Waals surface area contributed by atoms with Crippen LogP contribution in [0.4, 0.5) is 21.0 Å². The first-order chi connectivity index (χ1) is 15.1. The van der Waals surface area contributed by atoms with Crippen LogP contribution >= 0.6 is 21.6 Å². The van der Waals surface area contributed by atoms with Crippen LogP contribution in [0.2, 0.25) is 0 Å². The Morgan fingerprint density at radius 1 is 0.839 bits per heavy atom. The van der Waals surface area contributed by atoms with Crippen LogP contribution < -0.4 is 10.2 Å². The van der Waals surface area contributed by atoms with Crippen molar-refractivity contribution in [3.8, 4) is 0 Å². The van der Waals surface area contributed by atoms with Crippen LogP contribution in [0.5, 0.6) is 0 Å². The molecule has 1 aliphatic rings. The average Bonchev–Trinajstić information content (AvgIpc) is 2.92. The number of rotatable bonds is 7. The largest absolute Gasteiger partial charge is 0.465 e. The Kier molecular flexibility index (Phi) is 8.43. The minimum Gasteiger partial charge on any atom is -0.465 e. The van der Waals surface area contributed by atoms with Gasteiger partial charge in [0.15, 0.2) is 0 Å². The number of carbonyl (C=O) groups is 3. The van der Waals surface area contributed by atoms with Gasteiger partial charge in [0.25, 0.3) is 0 Å². The number of urea groups is 1. The smallest absolute Gasteiger partial charge is 0.415 e. The maximum atomic E-state index is 13.0. The van der Waals surface area contributed by atoms with Gasteiger partial charge in [0.2, 0.25) is 0 Å². The van der Waals surface area contributed by atoms with Crippen molar-refractivity contribution in [3.05, 3.63) is 59.7 Å². The van der Waals surface area contributed by atoms with Gasteiger partial charge in [-0.05, 0) is 23.3 Å². The minimum atomic E-state index is -0.803. The van der Waals surface area contributed by atoms with E-state index >= 15 is 0 Å². The third-order valence-electron chi connectivity index (χ3n) is 4.16. The standard InChI is InChI=1S/C22H22N2O5S2/c1-16(25)28-12-14-30-31-15-13-29-22(27)23-21(26)24-19-8-4-2-6-17(19)10-11-18-7-3-5-9-20(18)24/h2-11H,12-15H2,1H3,(H,23,26,27). The molecule has 2 aromatic carbocycles. The normalized spacial score (nSPS) is 11.7. The van der Waals surface area contributed by atoms with Crippen molar-refractivity contribution in [2.45, 2.75) is 6.92 Å². The van der Waals surface area contributed by atoms with Crippen molar-refractivity contribution in [3.63, 3.8) is 0 Å². The molecule has 0 aliphatic carbocycles. The molecule has 0 spiro atoms. The Morgan fingerprint density at radius 2 is 1.35 bits per heavy atom. The van der Waals surface area contributed by atoms with E-state index in [0.29, 0.717) is 29.5 Å². The van der Waals surface area contributed by atoms with E-state index in [2.05, 4.69) is 5.32 Å². The molecule has 1 aliphatic heterocycles. The van der Waals surface area contributed by atoms with Gasteiger partial charge >= 0.3 is 18.1 Å². The summed E-state index contributed by atoms with van der Waals surface area (Å²) in [4.78, 5) is 37.3. The van der Waals surface area contributed by atoms with E-state index in [-0.39, 0.29) is 12.6 Å². The maximum absolute atomic E-state index is 13.0. The van der Waals surface area contributed by atoms with Gasteiger partial charge in [0.05, 0.1) is 11.4 Å². The van der Waals surface area contributed by atoms with Gasteiger partial charge in [-0.15, -0.1) is 0 Å². The van der Waals surface area contributed by atoms with Crippen LogP contribution in [0, 0.1) is 0 Å². The van der Waals surface area contributed by atoms with E-state index in [1.807, 2.05) is 60.7 Å². The Morgan fingerprint density at radius 3 is 1.90 bits per heavy atom. The second kappa shape index (κ2) is 11.5. The number of fused-ring (bicyclic) bond motifs is 2. The molecule has 2 aromatic rings. The van der Waals surface area contributed by atoms with Gasteiger partial charge < -0.3 is 9.47 Å². The molecule has 0 unspecified atom stereocenters. The SMILES string of the molecule is CC(=O)OCCSSCCOC(=O)NC(=O)N1c2ccccc2C=Cc2ccccc21.